The van der Waals surface area contributed by atoms with Crippen molar-refractivity contribution in [1.29, 1.82) is 0 Å². The number of halogens is 1. The van der Waals surface area contributed by atoms with Gasteiger partial charge in [0.2, 0.25) is 5.89 Å². The summed E-state index contributed by atoms with van der Waals surface area (Å²) in [6.45, 7) is 11.0. The van der Waals surface area contributed by atoms with Crippen molar-refractivity contribution in [3.05, 3.63) is 41.8 Å². The van der Waals surface area contributed by atoms with Gasteiger partial charge in [-0.25, -0.2) is 4.39 Å². The van der Waals surface area contributed by atoms with Crippen molar-refractivity contribution in [2.24, 2.45) is 0 Å². The van der Waals surface area contributed by atoms with Crippen molar-refractivity contribution in [1.82, 2.24) is 29.8 Å². The van der Waals surface area contributed by atoms with E-state index in [4.69, 9.17) is 9.26 Å². The molecule has 0 atom stereocenters. The molecule has 1 saturated heterocycles. The predicted molar refractivity (Wildman–Crippen MR) is 115 cm³/mol. The fraction of sp³-hybridized carbons (Fsp3) is 0.524. The second-order valence-corrected chi connectivity index (χ2v) is 9.41. The Morgan fingerprint density at radius 3 is 2.48 bits per heavy atom. The van der Waals surface area contributed by atoms with Gasteiger partial charge in [-0.1, -0.05) is 37.7 Å². The van der Waals surface area contributed by atoms with Gasteiger partial charge >= 0.3 is 0 Å². The number of nitrogens with zero attached hydrogens (tertiary/aromatic N) is 6. The molecule has 3 heterocycles. The minimum Gasteiger partial charge on any atom is -0.379 e. The number of rotatable bonds is 7. The number of hydrogen-bond donors (Lipinski definition) is 0. The first-order valence-corrected chi connectivity index (χ1v) is 11.3. The number of morpholine rings is 1. The highest BCUT2D eigenvalue weighted by Crippen LogP contribution is 2.27. The highest BCUT2D eigenvalue weighted by molar-refractivity contribution is 7.98. The van der Waals surface area contributed by atoms with E-state index in [9.17, 15) is 4.39 Å². The molecular weight excluding hydrogens is 419 g/mol. The van der Waals surface area contributed by atoms with Crippen LogP contribution in [0.2, 0.25) is 0 Å². The quantitative estimate of drug-likeness (QED) is 0.511. The maximum atomic E-state index is 13.4. The molecule has 1 aliphatic rings. The number of hydrogen-bond acceptors (Lipinski definition) is 8. The van der Waals surface area contributed by atoms with Crippen molar-refractivity contribution in [2.45, 2.75) is 43.6 Å². The summed E-state index contributed by atoms with van der Waals surface area (Å²) in [6.07, 6.45) is 0. The maximum absolute atomic E-state index is 13.4. The predicted octanol–water partition coefficient (Wildman–Crippen LogP) is 3.39. The average Bonchev–Trinajstić information content (AvgIpc) is 3.39. The second-order valence-electron chi connectivity index (χ2n) is 8.47. The monoisotopic (exact) mass is 446 g/mol. The fourth-order valence-electron chi connectivity index (χ4n) is 3.22. The van der Waals surface area contributed by atoms with Gasteiger partial charge in [-0.05, 0) is 24.3 Å². The second kappa shape index (κ2) is 9.46. The highest BCUT2D eigenvalue weighted by atomic mass is 32.2. The summed E-state index contributed by atoms with van der Waals surface area (Å²) in [5.74, 6) is 2.19. The fourth-order valence-corrected chi connectivity index (χ4v) is 4.02. The van der Waals surface area contributed by atoms with Gasteiger partial charge < -0.3 is 13.8 Å². The van der Waals surface area contributed by atoms with Gasteiger partial charge in [0.15, 0.2) is 16.8 Å². The van der Waals surface area contributed by atoms with E-state index in [0.717, 1.165) is 55.9 Å². The van der Waals surface area contributed by atoms with Gasteiger partial charge in [-0.3, -0.25) is 4.90 Å². The number of ether oxygens (including phenoxy) is 1. The molecule has 1 aromatic carbocycles. The largest absolute Gasteiger partial charge is 0.379 e. The summed E-state index contributed by atoms with van der Waals surface area (Å²) in [5, 5.41) is 13.6. The van der Waals surface area contributed by atoms with Crippen LogP contribution in [-0.2, 0) is 22.4 Å². The number of benzene rings is 1. The summed E-state index contributed by atoms with van der Waals surface area (Å²) in [5.41, 5.74) is 0.663. The molecule has 0 N–H and O–H groups in total. The third-order valence-electron chi connectivity index (χ3n) is 5.03. The smallest absolute Gasteiger partial charge is 0.237 e. The number of thioether (sulfide) groups is 1. The van der Waals surface area contributed by atoms with Crippen molar-refractivity contribution in [3.63, 3.8) is 0 Å². The van der Waals surface area contributed by atoms with E-state index < -0.39 is 0 Å². The van der Waals surface area contributed by atoms with Gasteiger partial charge in [0, 0.05) is 37.2 Å². The summed E-state index contributed by atoms with van der Waals surface area (Å²) in [7, 11) is 0. The van der Waals surface area contributed by atoms with Crippen LogP contribution in [0.5, 0.6) is 0 Å². The van der Waals surface area contributed by atoms with E-state index in [0.29, 0.717) is 17.5 Å². The molecule has 0 bridgehead atoms. The van der Waals surface area contributed by atoms with Crippen LogP contribution in [0, 0.1) is 5.82 Å². The summed E-state index contributed by atoms with van der Waals surface area (Å²) in [6, 6.07) is 6.34. The van der Waals surface area contributed by atoms with E-state index >= 15 is 0 Å². The molecule has 0 amide bonds. The molecule has 166 valence electrons. The Morgan fingerprint density at radius 2 is 1.81 bits per heavy atom. The summed E-state index contributed by atoms with van der Waals surface area (Å²) < 4.78 is 26.3. The maximum Gasteiger partial charge on any atom is 0.237 e. The van der Waals surface area contributed by atoms with E-state index in [1.807, 2.05) is 20.8 Å². The zero-order valence-electron chi connectivity index (χ0n) is 18.0. The first-order chi connectivity index (χ1) is 14.9. The molecule has 3 aromatic rings. The lowest BCUT2D eigenvalue weighted by atomic mass is 9.96. The average molecular weight is 447 g/mol. The Balaban J connectivity index is 1.52. The lowest BCUT2D eigenvalue weighted by Crippen LogP contribution is -2.38. The molecule has 0 unspecified atom stereocenters. The Bertz CT molecular complexity index is 992. The lowest BCUT2D eigenvalue weighted by molar-refractivity contribution is 0.0361. The van der Waals surface area contributed by atoms with Gasteiger partial charge in [0.1, 0.15) is 5.82 Å². The zero-order valence-corrected chi connectivity index (χ0v) is 18.9. The molecule has 2 aromatic heterocycles. The van der Waals surface area contributed by atoms with E-state index in [1.54, 1.807) is 12.1 Å². The van der Waals surface area contributed by atoms with Crippen LogP contribution in [-0.4, -0.2) is 62.7 Å². The van der Waals surface area contributed by atoms with Crippen LogP contribution in [0.1, 0.15) is 32.5 Å². The number of aromatic nitrogens is 5. The Labute approximate surface area is 185 Å². The molecule has 31 heavy (non-hydrogen) atoms. The summed E-state index contributed by atoms with van der Waals surface area (Å²) in [4.78, 5) is 6.86. The molecular formula is C21H27FN6O2S. The lowest BCUT2D eigenvalue weighted by Gasteiger charge is -2.27. The van der Waals surface area contributed by atoms with Crippen molar-refractivity contribution in [2.75, 3.05) is 32.8 Å². The highest BCUT2D eigenvalue weighted by Gasteiger charge is 2.22. The van der Waals surface area contributed by atoms with E-state index in [-0.39, 0.29) is 11.2 Å². The molecule has 10 heteroatoms. The first kappa shape index (κ1) is 21.9. The summed E-state index contributed by atoms with van der Waals surface area (Å²) >= 11 is 1.51. The van der Waals surface area contributed by atoms with Gasteiger partial charge in [-0.15, -0.1) is 10.2 Å². The van der Waals surface area contributed by atoms with Gasteiger partial charge in [0.05, 0.1) is 19.0 Å². The first-order valence-electron chi connectivity index (χ1n) is 10.4. The minimum atomic E-state index is -0.274. The normalized spacial score (nSPS) is 15.5. The van der Waals surface area contributed by atoms with Crippen LogP contribution in [0.3, 0.4) is 0 Å². The molecule has 1 aliphatic heterocycles. The van der Waals surface area contributed by atoms with Crippen LogP contribution < -0.4 is 0 Å². The van der Waals surface area contributed by atoms with Crippen LogP contribution >= 0.6 is 11.8 Å². The van der Waals surface area contributed by atoms with Gasteiger partial charge in [-0.2, -0.15) is 4.98 Å². The Morgan fingerprint density at radius 1 is 1.06 bits per heavy atom. The molecule has 4 rings (SSSR count). The molecule has 0 spiro atoms. The van der Waals surface area contributed by atoms with Gasteiger partial charge in [0.25, 0.3) is 0 Å². The van der Waals surface area contributed by atoms with E-state index in [2.05, 4.69) is 29.8 Å². The standard InChI is InChI=1S/C21H27FN6O2S/c1-21(2,3)19-23-17(30-26-19)14-31-20-25-24-18(15-4-6-16(22)7-5-15)28(20)9-8-27-10-12-29-13-11-27/h4-7H,8-14H2,1-3H3. The topological polar surface area (TPSA) is 82.1 Å². The molecule has 8 nitrogen and oxygen atoms in total. The minimum absolute atomic E-state index is 0.166. The van der Waals surface area contributed by atoms with Crippen LogP contribution in [0.4, 0.5) is 4.39 Å². The Kier molecular flexibility index (Phi) is 6.68. The third kappa shape index (κ3) is 5.50. The SMILES string of the molecule is CC(C)(C)c1noc(CSc2nnc(-c3ccc(F)cc3)n2CCN2CCOCC2)n1. The van der Waals surface area contributed by atoms with Crippen LogP contribution in [0.25, 0.3) is 11.4 Å². The molecule has 1 fully saturated rings. The zero-order chi connectivity index (χ0) is 21.8. The van der Waals surface area contributed by atoms with Crippen molar-refractivity contribution >= 4 is 11.8 Å². The van der Waals surface area contributed by atoms with Crippen LogP contribution in [0.15, 0.2) is 33.9 Å². The van der Waals surface area contributed by atoms with Crippen molar-refractivity contribution in [3.8, 4) is 11.4 Å². The Hall–Kier alpha value is -2.30. The molecule has 0 saturated carbocycles. The molecule has 0 aliphatic carbocycles. The molecule has 0 radical (unpaired) electrons. The third-order valence-corrected chi connectivity index (χ3v) is 5.98. The van der Waals surface area contributed by atoms with E-state index in [1.165, 1.54) is 23.9 Å². The van der Waals surface area contributed by atoms with Crippen molar-refractivity contribution < 1.29 is 13.7 Å².